The van der Waals surface area contributed by atoms with Gasteiger partial charge in [-0.15, -0.1) is 0 Å². The van der Waals surface area contributed by atoms with Gasteiger partial charge in [-0.3, -0.25) is 9.59 Å². The van der Waals surface area contributed by atoms with E-state index in [1.54, 1.807) is 13.2 Å². The largest absolute Gasteiger partial charge is 0.496 e. The fraction of sp³-hybridized carbons (Fsp3) is 0.500. The fourth-order valence-corrected chi connectivity index (χ4v) is 2.76. The van der Waals surface area contributed by atoms with Gasteiger partial charge in [-0.2, -0.15) is 0 Å². The number of nitrogens with one attached hydrogen (secondary N) is 1. The summed E-state index contributed by atoms with van der Waals surface area (Å²) in [6, 6.07) is 7.30. The van der Waals surface area contributed by atoms with Gasteiger partial charge in [-0.05, 0) is 18.9 Å². The first-order valence-electron chi connectivity index (χ1n) is 7.27. The Labute approximate surface area is 129 Å². The fourth-order valence-electron chi connectivity index (χ4n) is 2.76. The maximum Gasteiger partial charge on any atom is 0.305 e. The Morgan fingerprint density at radius 3 is 2.64 bits per heavy atom. The highest BCUT2D eigenvalue weighted by molar-refractivity contribution is 5.81. The number of carboxylic acid groups (broad SMARTS) is 1. The average molecular weight is 307 g/mol. The lowest BCUT2D eigenvalue weighted by atomic mass is 9.86. The number of hydrogen-bond donors (Lipinski definition) is 2. The maximum absolute atomic E-state index is 12.3. The summed E-state index contributed by atoms with van der Waals surface area (Å²) >= 11 is 0. The van der Waals surface area contributed by atoms with E-state index in [0.29, 0.717) is 31.8 Å². The minimum absolute atomic E-state index is 0.0893. The highest BCUT2D eigenvalue weighted by Crippen LogP contribution is 2.25. The van der Waals surface area contributed by atoms with Gasteiger partial charge in [0.15, 0.2) is 0 Å². The van der Waals surface area contributed by atoms with E-state index in [1.165, 1.54) is 0 Å². The van der Waals surface area contributed by atoms with Crippen LogP contribution in [0.2, 0.25) is 0 Å². The molecular weight excluding hydrogens is 286 g/mol. The van der Waals surface area contributed by atoms with Gasteiger partial charge in [0.25, 0.3) is 0 Å². The summed E-state index contributed by atoms with van der Waals surface area (Å²) in [5.41, 5.74) is 0.0587. The van der Waals surface area contributed by atoms with Crippen molar-refractivity contribution < 1.29 is 24.2 Å². The molecule has 2 N–H and O–H groups in total. The van der Waals surface area contributed by atoms with Crippen LogP contribution in [0.1, 0.15) is 24.8 Å². The van der Waals surface area contributed by atoms with Crippen molar-refractivity contribution in [2.45, 2.75) is 31.2 Å². The molecule has 1 aromatic rings. The third-order valence-electron chi connectivity index (χ3n) is 3.89. The van der Waals surface area contributed by atoms with Crippen molar-refractivity contribution in [2.75, 3.05) is 20.3 Å². The molecule has 1 heterocycles. The topological polar surface area (TPSA) is 84.9 Å². The van der Waals surface area contributed by atoms with Crippen molar-refractivity contribution in [1.29, 1.82) is 0 Å². The Hall–Kier alpha value is -2.08. The molecule has 0 radical (unpaired) electrons. The number of para-hydroxylation sites is 1. The molecule has 0 saturated carbocycles. The smallest absolute Gasteiger partial charge is 0.305 e. The van der Waals surface area contributed by atoms with Crippen LogP contribution in [0.3, 0.4) is 0 Å². The molecule has 0 atom stereocenters. The van der Waals surface area contributed by atoms with Gasteiger partial charge in [-0.1, -0.05) is 18.2 Å². The van der Waals surface area contributed by atoms with Gasteiger partial charge in [0.05, 0.1) is 25.5 Å². The van der Waals surface area contributed by atoms with Gasteiger partial charge >= 0.3 is 5.97 Å². The molecular formula is C16H21NO5. The Balaban J connectivity index is 2.06. The van der Waals surface area contributed by atoms with E-state index in [0.717, 1.165) is 5.56 Å². The van der Waals surface area contributed by atoms with Crippen molar-refractivity contribution in [3.05, 3.63) is 29.8 Å². The molecule has 1 aromatic carbocycles. The Bertz CT molecular complexity index is 537. The van der Waals surface area contributed by atoms with Gasteiger partial charge in [0.1, 0.15) is 5.75 Å². The number of aliphatic carboxylic acids is 1. The lowest BCUT2D eigenvalue weighted by Gasteiger charge is -2.36. The number of carbonyl (C=O) groups is 2. The van der Waals surface area contributed by atoms with Crippen molar-refractivity contribution in [3.63, 3.8) is 0 Å². The summed E-state index contributed by atoms with van der Waals surface area (Å²) in [6.07, 6.45) is 1.09. The molecule has 2 rings (SSSR count). The van der Waals surface area contributed by atoms with E-state index < -0.39 is 11.5 Å². The van der Waals surface area contributed by atoms with Crippen LogP contribution in [-0.4, -0.2) is 42.8 Å². The second-order valence-electron chi connectivity index (χ2n) is 5.50. The molecule has 0 aliphatic carbocycles. The molecule has 0 unspecified atom stereocenters. The number of amides is 1. The molecule has 1 fully saturated rings. The molecule has 1 amide bonds. The summed E-state index contributed by atoms with van der Waals surface area (Å²) in [5, 5.41) is 12.0. The predicted molar refractivity (Wildman–Crippen MR) is 79.9 cm³/mol. The van der Waals surface area contributed by atoms with Crippen molar-refractivity contribution in [3.8, 4) is 5.75 Å². The molecule has 22 heavy (non-hydrogen) atoms. The van der Waals surface area contributed by atoms with Crippen LogP contribution in [0.4, 0.5) is 0 Å². The number of carbonyl (C=O) groups excluding carboxylic acids is 1. The minimum Gasteiger partial charge on any atom is -0.496 e. The van der Waals surface area contributed by atoms with Crippen molar-refractivity contribution in [2.24, 2.45) is 0 Å². The molecule has 1 saturated heterocycles. The van der Waals surface area contributed by atoms with E-state index in [4.69, 9.17) is 14.6 Å². The van der Waals surface area contributed by atoms with E-state index in [2.05, 4.69) is 5.32 Å². The molecule has 6 nitrogen and oxygen atoms in total. The third-order valence-corrected chi connectivity index (χ3v) is 3.89. The van der Waals surface area contributed by atoms with E-state index in [-0.39, 0.29) is 18.7 Å². The standard InChI is InChI=1S/C16H21NO5/c1-21-13-5-3-2-4-12(13)10-14(18)17-16(11-15(19)20)6-8-22-9-7-16/h2-5H,6-11H2,1H3,(H,17,18)(H,19,20). The first kappa shape index (κ1) is 16.3. The highest BCUT2D eigenvalue weighted by Gasteiger charge is 2.36. The third kappa shape index (κ3) is 4.21. The van der Waals surface area contributed by atoms with Gasteiger partial charge in [0, 0.05) is 18.8 Å². The molecule has 1 aliphatic rings. The van der Waals surface area contributed by atoms with Crippen LogP contribution in [0.25, 0.3) is 0 Å². The van der Waals surface area contributed by atoms with Gasteiger partial charge in [-0.25, -0.2) is 0 Å². The Kier molecular flexibility index (Phi) is 5.38. The van der Waals surface area contributed by atoms with Crippen molar-refractivity contribution >= 4 is 11.9 Å². The van der Waals surface area contributed by atoms with E-state index in [1.807, 2.05) is 18.2 Å². The first-order valence-corrected chi connectivity index (χ1v) is 7.27. The molecule has 0 bridgehead atoms. The minimum atomic E-state index is -0.917. The number of hydrogen-bond acceptors (Lipinski definition) is 4. The SMILES string of the molecule is COc1ccccc1CC(=O)NC1(CC(=O)O)CCOCC1. The van der Waals surface area contributed by atoms with E-state index >= 15 is 0 Å². The number of methoxy groups -OCH3 is 1. The monoisotopic (exact) mass is 307 g/mol. The predicted octanol–water partition coefficient (Wildman–Crippen LogP) is 1.38. The number of rotatable bonds is 6. The zero-order valence-corrected chi connectivity index (χ0v) is 12.6. The lowest BCUT2D eigenvalue weighted by Crippen LogP contribution is -2.53. The van der Waals surface area contributed by atoms with Crippen LogP contribution in [0.5, 0.6) is 5.75 Å². The Morgan fingerprint density at radius 2 is 2.00 bits per heavy atom. The number of carboxylic acids is 1. The summed E-state index contributed by atoms with van der Waals surface area (Å²) in [5.74, 6) is -0.468. The summed E-state index contributed by atoms with van der Waals surface area (Å²) in [4.78, 5) is 23.4. The summed E-state index contributed by atoms with van der Waals surface area (Å²) in [6.45, 7) is 0.921. The summed E-state index contributed by atoms with van der Waals surface area (Å²) in [7, 11) is 1.56. The zero-order chi connectivity index (χ0) is 16.0. The molecule has 6 heteroatoms. The van der Waals surface area contributed by atoms with Crippen LogP contribution >= 0.6 is 0 Å². The number of benzene rings is 1. The van der Waals surface area contributed by atoms with Crippen LogP contribution in [-0.2, 0) is 20.7 Å². The Morgan fingerprint density at radius 1 is 1.32 bits per heavy atom. The second-order valence-corrected chi connectivity index (χ2v) is 5.50. The lowest BCUT2D eigenvalue weighted by molar-refractivity contribution is -0.140. The maximum atomic E-state index is 12.3. The molecule has 120 valence electrons. The molecule has 0 spiro atoms. The number of ether oxygens (including phenoxy) is 2. The normalized spacial score (nSPS) is 16.8. The van der Waals surface area contributed by atoms with Gasteiger partial charge < -0.3 is 19.9 Å². The zero-order valence-electron chi connectivity index (χ0n) is 12.6. The first-order chi connectivity index (χ1) is 10.5. The highest BCUT2D eigenvalue weighted by atomic mass is 16.5. The van der Waals surface area contributed by atoms with E-state index in [9.17, 15) is 9.59 Å². The van der Waals surface area contributed by atoms with Crippen molar-refractivity contribution in [1.82, 2.24) is 5.32 Å². The van der Waals surface area contributed by atoms with Crippen LogP contribution in [0, 0.1) is 0 Å². The average Bonchev–Trinajstić information content (AvgIpc) is 2.47. The quantitative estimate of drug-likeness (QED) is 0.829. The second kappa shape index (κ2) is 7.26. The van der Waals surface area contributed by atoms with Crippen LogP contribution in [0.15, 0.2) is 24.3 Å². The summed E-state index contributed by atoms with van der Waals surface area (Å²) < 4.78 is 10.5. The van der Waals surface area contributed by atoms with Crippen LogP contribution < -0.4 is 10.1 Å². The molecule has 0 aromatic heterocycles. The van der Waals surface area contributed by atoms with Gasteiger partial charge in [0.2, 0.25) is 5.91 Å². The molecule has 1 aliphatic heterocycles.